The summed E-state index contributed by atoms with van der Waals surface area (Å²) >= 11 is 11.8. The number of imide groups is 1. The average Bonchev–Trinajstić information content (AvgIpc) is 2.78. The van der Waals surface area contributed by atoms with Crippen molar-refractivity contribution in [2.24, 2.45) is 0 Å². The van der Waals surface area contributed by atoms with Gasteiger partial charge in [0.25, 0.3) is 11.8 Å². The second-order valence-electron chi connectivity index (χ2n) is 5.32. The van der Waals surface area contributed by atoms with Gasteiger partial charge in [0.15, 0.2) is 0 Å². The van der Waals surface area contributed by atoms with Crippen LogP contribution in [0, 0.1) is 0 Å². The Bertz CT molecular complexity index is 810. The van der Waals surface area contributed by atoms with E-state index in [-0.39, 0.29) is 27.6 Å². The lowest BCUT2D eigenvalue weighted by molar-refractivity contribution is -0.310. The highest BCUT2D eigenvalue weighted by molar-refractivity contribution is 6.43. The van der Waals surface area contributed by atoms with E-state index >= 15 is 0 Å². The third-order valence-corrected chi connectivity index (χ3v) is 4.54. The molecule has 0 bridgehead atoms. The van der Waals surface area contributed by atoms with Gasteiger partial charge < -0.3 is 9.90 Å². The molecule has 0 aromatic heterocycles. The maximum absolute atomic E-state index is 12.5. The fourth-order valence-electron chi connectivity index (χ4n) is 2.65. The molecule has 0 unspecified atom stereocenters. The van der Waals surface area contributed by atoms with E-state index in [1.54, 1.807) is 30.3 Å². The summed E-state index contributed by atoms with van der Waals surface area (Å²) in [6.45, 7) is 0. The maximum Gasteiger partial charge on any atom is 0.262 e. The van der Waals surface area contributed by atoms with Gasteiger partial charge in [-0.25, -0.2) is 0 Å². The largest absolute Gasteiger partial charge is 0.548 e. The number of rotatable bonds is 4. The number of carboxylic acids is 1. The van der Waals surface area contributed by atoms with E-state index in [4.69, 9.17) is 23.2 Å². The summed E-state index contributed by atoms with van der Waals surface area (Å²) < 4.78 is 0. The number of benzene rings is 2. The summed E-state index contributed by atoms with van der Waals surface area (Å²) in [6.07, 6.45) is -0.0455. The van der Waals surface area contributed by atoms with Crippen molar-refractivity contribution in [3.05, 3.63) is 69.2 Å². The first-order chi connectivity index (χ1) is 11.4. The smallest absolute Gasteiger partial charge is 0.262 e. The average molecular weight is 363 g/mol. The molecule has 1 aliphatic rings. The number of nitrogens with zero attached hydrogens (tertiary/aromatic N) is 1. The minimum absolute atomic E-state index is 0.0358. The molecule has 24 heavy (non-hydrogen) atoms. The normalized spacial score (nSPS) is 14.7. The Balaban J connectivity index is 1.99. The van der Waals surface area contributed by atoms with Crippen molar-refractivity contribution >= 4 is 41.0 Å². The van der Waals surface area contributed by atoms with E-state index in [1.807, 2.05) is 0 Å². The number of carbonyl (C=O) groups is 3. The van der Waals surface area contributed by atoms with Crippen LogP contribution in [0.4, 0.5) is 0 Å². The Kier molecular flexibility index (Phi) is 4.30. The van der Waals surface area contributed by atoms with E-state index in [9.17, 15) is 19.5 Å². The molecule has 122 valence electrons. The molecule has 0 aliphatic carbocycles. The van der Waals surface area contributed by atoms with Gasteiger partial charge >= 0.3 is 0 Å². The fraction of sp³-hybridized carbons (Fsp3) is 0.118. The van der Waals surface area contributed by atoms with Crippen molar-refractivity contribution in [3.63, 3.8) is 0 Å². The number of amides is 2. The number of carbonyl (C=O) groups excluding carboxylic acids is 3. The highest BCUT2D eigenvalue weighted by Crippen LogP contribution is 2.32. The number of halogens is 2. The van der Waals surface area contributed by atoms with E-state index in [0.717, 1.165) is 0 Å². The molecule has 1 atom stereocenters. The van der Waals surface area contributed by atoms with Gasteiger partial charge in [0.2, 0.25) is 0 Å². The third-order valence-electron chi connectivity index (χ3n) is 3.81. The van der Waals surface area contributed by atoms with Gasteiger partial charge in [-0.05, 0) is 24.1 Å². The number of carboxylic acid groups (broad SMARTS) is 1. The van der Waals surface area contributed by atoms with E-state index in [0.29, 0.717) is 10.5 Å². The first-order valence-corrected chi connectivity index (χ1v) is 7.77. The van der Waals surface area contributed by atoms with Crippen LogP contribution in [0.15, 0.2) is 42.5 Å². The lowest BCUT2D eigenvalue weighted by Crippen LogP contribution is -2.51. The topological polar surface area (TPSA) is 77.5 Å². The maximum atomic E-state index is 12.5. The molecule has 7 heteroatoms. The molecule has 1 heterocycles. The second kappa shape index (κ2) is 6.26. The van der Waals surface area contributed by atoms with Crippen LogP contribution in [0.5, 0.6) is 0 Å². The van der Waals surface area contributed by atoms with Crippen LogP contribution in [0.2, 0.25) is 10.0 Å². The van der Waals surface area contributed by atoms with Gasteiger partial charge in [0.1, 0.15) is 0 Å². The van der Waals surface area contributed by atoms with Gasteiger partial charge in [0, 0.05) is 0 Å². The SMILES string of the molecule is O=C([O-])[C@@H](Cc1ccccc1)N1C(=O)c2cc(Cl)c(Cl)cc2C1=O. The van der Waals surface area contributed by atoms with E-state index in [1.165, 1.54) is 12.1 Å². The predicted octanol–water partition coefficient (Wildman–Crippen LogP) is 1.95. The first kappa shape index (κ1) is 16.5. The van der Waals surface area contributed by atoms with Crippen LogP contribution in [-0.2, 0) is 11.2 Å². The molecule has 0 fully saturated rings. The molecule has 2 amide bonds. The van der Waals surface area contributed by atoms with Crippen LogP contribution in [0.1, 0.15) is 26.3 Å². The summed E-state index contributed by atoms with van der Waals surface area (Å²) in [5.41, 5.74) is 0.738. The summed E-state index contributed by atoms with van der Waals surface area (Å²) in [6, 6.07) is 9.81. The Labute approximate surface area is 147 Å². The van der Waals surface area contributed by atoms with Gasteiger partial charge in [-0.1, -0.05) is 53.5 Å². The fourth-order valence-corrected chi connectivity index (χ4v) is 2.98. The molecular weight excluding hydrogens is 353 g/mol. The van der Waals surface area contributed by atoms with Crippen molar-refractivity contribution in [1.29, 1.82) is 0 Å². The Morgan fingerprint density at radius 1 is 1.00 bits per heavy atom. The van der Waals surface area contributed by atoms with Crippen LogP contribution < -0.4 is 5.11 Å². The van der Waals surface area contributed by atoms with Gasteiger partial charge in [0.05, 0.1) is 33.2 Å². The molecule has 2 aromatic carbocycles. The van der Waals surface area contributed by atoms with Crippen molar-refractivity contribution in [1.82, 2.24) is 4.90 Å². The minimum Gasteiger partial charge on any atom is -0.548 e. The molecule has 0 spiro atoms. The quantitative estimate of drug-likeness (QED) is 0.778. The van der Waals surface area contributed by atoms with Crippen LogP contribution in [-0.4, -0.2) is 28.7 Å². The highest BCUT2D eigenvalue weighted by atomic mass is 35.5. The third kappa shape index (κ3) is 2.77. The lowest BCUT2D eigenvalue weighted by Gasteiger charge is -2.27. The second-order valence-corrected chi connectivity index (χ2v) is 6.13. The highest BCUT2D eigenvalue weighted by Gasteiger charge is 2.41. The minimum atomic E-state index is -1.51. The molecule has 0 N–H and O–H groups in total. The summed E-state index contributed by atoms with van der Waals surface area (Å²) in [5, 5.41) is 11.8. The zero-order valence-electron chi connectivity index (χ0n) is 12.2. The molecule has 2 aromatic rings. The van der Waals surface area contributed by atoms with Crippen LogP contribution >= 0.6 is 23.2 Å². The van der Waals surface area contributed by atoms with Crippen molar-refractivity contribution < 1.29 is 19.5 Å². The molecular formula is C17H10Cl2NO4-. The standard InChI is InChI=1S/C17H11Cl2NO4/c18-12-7-10-11(8-13(12)19)16(22)20(15(10)21)14(17(23)24)6-9-4-2-1-3-5-9/h1-5,7-8,14H,6H2,(H,23,24)/p-1/t14-/m1/s1. The molecule has 1 aliphatic heterocycles. The molecule has 0 saturated carbocycles. The zero-order valence-corrected chi connectivity index (χ0v) is 13.7. The van der Waals surface area contributed by atoms with Crippen molar-refractivity contribution in [3.8, 4) is 0 Å². The summed E-state index contributed by atoms with van der Waals surface area (Å²) in [5.74, 6) is -2.96. The monoisotopic (exact) mass is 362 g/mol. The first-order valence-electron chi connectivity index (χ1n) is 7.02. The van der Waals surface area contributed by atoms with Crippen LogP contribution in [0.3, 0.4) is 0 Å². The summed E-state index contributed by atoms with van der Waals surface area (Å²) in [7, 11) is 0. The number of hydrogen-bond donors (Lipinski definition) is 0. The van der Waals surface area contributed by atoms with Gasteiger partial charge in [-0.3, -0.25) is 14.5 Å². The lowest BCUT2D eigenvalue weighted by atomic mass is 10.0. The molecule has 0 radical (unpaired) electrons. The Morgan fingerprint density at radius 2 is 1.50 bits per heavy atom. The Morgan fingerprint density at radius 3 is 1.96 bits per heavy atom. The van der Waals surface area contributed by atoms with Crippen molar-refractivity contribution in [2.75, 3.05) is 0 Å². The zero-order chi connectivity index (χ0) is 17.4. The predicted molar refractivity (Wildman–Crippen MR) is 85.9 cm³/mol. The molecule has 5 nitrogen and oxygen atoms in total. The number of fused-ring (bicyclic) bond motifs is 1. The summed E-state index contributed by atoms with van der Waals surface area (Å²) in [4.78, 5) is 37.3. The number of hydrogen-bond acceptors (Lipinski definition) is 4. The number of aliphatic carboxylic acids is 1. The molecule has 3 rings (SSSR count). The van der Waals surface area contributed by atoms with Crippen molar-refractivity contribution in [2.45, 2.75) is 12.5 Å². The van der Waals surface area contributed by atoms with E-state index < -0.39 is 23.8 Å². The Hall–Kier alpha value is -2.37. The van der Waals surface area contributed by atoms with Crippen LogP contribution in [0.25, 0.3) is 0 Å². The van der Waals surface area contributed by atoms with E-state index in [2.05, 4.69) is 0 Å². The van der Waals surface area contributed by atoms with Gasteiger partial charge in [-0.15, -0.1) is 0 Å². The van der Waals surface area contributed by atoms with Gasteiger partial charge in [-0.2, -0.15) is 0 Å². The molecule has 0 saturated heterocycles.